The number of sulfone groups is 1. The monoisotopic (exact) mass is 304 g/mol. The van der Waals surface area contributed by atoms with E-state index < -0.39 is 9.84 Å². The molecule has 1 amide bonds. The fraction of sp³-hybridized carbons (Fsp3) is 0.923. The first kappa shape index (κ1) is 15.7. The van der Waals surface area contributed by atoms with Gasteiger partial charge in [0.15, 0.2) is 9.84 Å². The number of nitrogens with one attached hydrogen (secondary N) is 1. The summed E-state index contributed by atoms with van der Waals surface area (Å²) in [7, 11) is -2.95. The molecule has 0 aromatic carbocycles. The molecule has 0 aliphatic carbocycles. The van der Waals surface area contributed by atoms with Crippen LogP contribution in [0.5, 0.6) is 0 Å². The lowest BCUT2D eigenvalue weighted by molar-refractivity contribution is -0.123. The second kappa shape index (κ2) is 6.87. The van der Waals surface area contributed by atoms with Gasteiger partial charge in [0.05, 0.1) is 18.1 Å². The van der Waals surface area contributed by atoms with Crippen LogP contribution in [-0.2, 0) is 14.6 Å². The molecule has 2 aliphatic heterocycles. The normalized spacial score (nSPS) is 30.2. The van der Waals surface area contributed by atoms with Gasteiger partial charge in [0.1, 0.15) is 0 Å². The molecule has 116 valence electrons. The number of nitrogens with zero attached hydrogens (tertiary/aromatic N) is 1. The van der Waals surface area contributed by atoms with Gasteiger partial charge >= 0.3 is 0 Å². The molecule has 2 fully saturated rings. The Kier molecular flexibility index (Phi) is 5.40. The molecule has 0 aromatic heterocycles. The lowest BCUT2D eigenvalue weighted by Gasteiger charge is -2.35. The highest BCUT2D eigenvalue weighted by molar-refractivity contribution is 7.91. The Morgan fingerprint density at radius 1 is 1.30 bits per heavy atom. The summed E-state index contributed by atoms with van der Waals surface area (Å²) in [5, 5.41) is 11.9. The summed E-state index contributed by atoms with van der Waals surface area (Å²) in [5.41, 5.74) is 0. The summed E-state index contributed by atoms with van der Waals surface area (Å²) in [6.45, 7) is 1.33. The minimum absolute atomic E-state index is 0.0683. The Balaban J connectivity index is 1.81. The predicted octanol–water partition coefficient (Wildman–Crippen LogP) is -0.473. The molecule has 2 N–H and O–H groups in total. The fourth-order valence-corrected chi connectivity index (χ4v) is 4.78. The zero-order chi connectivity index (χ0) is 14.6. The topological polar surface area (TPSA) is 86.7 Å². The van der Waals surface area contributed by atoms with Crippen LogP contribution in [0.1, 0.15) is 32.1 Å². The van der Waals surface area contributed by atoms with Crippen molar-refractivity contribution in [3.8, 4) is 0 Å². The van der Waals surface area contributed by atoms with Crippen molar-refractivity contribution in [2.45, 2.75) is 44.2 Å². The molecule has 20 heavy (non-hydrogen) atoms. The highest BCUT2D eigenvalue weighted by atomic mass is 32.2. The molecule has 2 rings (SSSR count). The zero-order valence-corrected chi connectivity index (χ0v) is 12.6. The molecule has 2 heterocycles. The van der Waals surface area contributed by atoms with E-state index >= 15 is 0 Å². The van der Waals surface area contributed by atoms with Gasteiger partial charge in [-0.05, 0) is 32.2 Å². The van der Waals surface area contributed by atoms with Gasteiger partial charge in [0, 0.05) is 18.7 Å². The first-order valence-electron chi connectivity index (χ1n) is 7.35. The van der Waals surface area contributed by atoms with Gasteiger partial charge in [-0.3, -0.25) is 9.69 Å². The SMILES string of the molecule is O=C(CN1CCCCC1CCO)NC1CCS(=O)(=O)C1. The predicted molar refractivity (Wildman–Crippen MR) is 76.1 cm³/mol. The highest BCUT2D eigenvalue weighted by Gasteiger charge is 2.30. The maximum atomic E-state index is 12.0. The second-order valence-corrected chi connectivity index (χ2v) is 8.03. The van der Waals surface area contributed by atoms with Crippen molar-refractivity contribution in [2.75, 3.05) is 31.2 Å². The summed E-state index contributed by atoms with van der Waals surface area (Å²) >= 11 is 0. The molecule has 0 radical (unpaired) electrons. The molecule has 7 heteroatoms. The van der Waals surface area contributed by atoms with Gasteiger partial charge in [-0.2, -0.15) is 0 Å². The lowest BCUT2D eigenvalue weighted by atomic mass is 9.99. The number of aliphatic hydroxyl groups is 1. The molecule has 6 nitrogen and oxygen atoms in total. The van der Waals surface area contributed by atoms with Gasteiger partial charge < -0.3 is 10.4 Å². The van der Waals surface area contributed by atoms with E-state index in [0.717, 1.165) is 25.8 Å². The number of carbonyl (C=O) groups excluding carboxylic acids is 1. The number of rotatable bonds is 5. The van der Waals surface area contributed by atoms with Crippen molar-refractivity contribution in [1.82, 2.24) is 10.2 Å². The number of likely N-dealkylation sites (tertiary alicyclic amines) is 1. The fourth-order valence-electron chi connectivity index (χ4n) is 3.11. The molecule has 2 atom stereocenters. The van der Waals surface area contributed by atoms with Crippen LogP contribution >= 0.6 is 0 Å². The summed E-state index contributed by atoms with van der Waals surface area (Å²) in [6.07, 6.45) is 4.46. The van der Waals surface area contributed by atoms with Crippen molar-refractivity contribution < 1.29 is 18.3 Å². The van der Waals surface area contributed by atoms with Crippen LogP contribution in [0.4, 0.5) is 0 Å². The third-order valence-electron chi connectivity index (χ3n) is 4.16. The summed E-state index contributed by atoms with van der Waals surface area (Å²) in [4.78, 5) is 14.1. The van der Waals surface area contributed by atoms with Crippen LogP contribution in [0.2, 0.25) is 0 Å². The van der Waals surface area contributed by atoms with Crippen LogP contribution in [-0.4, -0.2) is 67.6 Å². The Hall–Kier alpha value is -0.660. The molecular formula is C13H24N2O4S. The van der Waals surface area contributed by atoms with E-state index in [0.29, 0.717) is 19.4 Å². The average Bonchev–Trinajstić information content (AvgIpc) is 2.71. The molecule has 0 spiro atoms. The molecule has 0 saturated carbocycles. The van der Waals surface area contributed by atoms with E-state index in [9.17, 15) is 13.2 Å². The lowest BCUT2D eigenvalue weighted by Crippen LogP contribution is -2.48. The molecule has 2 unspecified atom stereocenters. The summed E-state index contributed by atoms with van der Waals surface area (Å²) in [5.74, 6) is 0.144. The molecule has 2 aliphatic rings. The Morgan fingerprint density at radius 3 is 2.75 bits per heavy atom. The number of carbonyl (C=O) groups is 1. The number of hydrogen-bond donors (Lipinski definition) is 2. The van der Waals surface area contributed by atoms with Crippen molar-refractivity contribution >= 4 is 15.7 Å². The van der Waals surface area contributed by atoms with Crippen LogP contribution in [0.3, 0.4) is 0 Å². The maximum absolute atomic E-state index is 12.0. The number of hydrogen-bond acceptors (Lipinski definition) is 5. The smallest absolute Gasteiger partial charge is 0.234 e. The van der Waals surface area contributed by atoms with Gasteiger partial charge in [-0.25, -0.2) is 8.42 Å². The summed E-state index contributed by atoms with van der Waals surface area (Å²) in [6, 6.07) is 0.0420. The van der Waals surface area contributed by atoms with E-state index in [2.05, 4.69) is 10.2 Å². The third kappa shape index (κ3) is 4.43. The Morgan fingerprint density at radius 2 is 2.10 bits per heavy atom. The zero-order valence-electron chi connectivity index (χ0n) is 11.8. The minimum atomic E-state index is -2.95. The maximum Gasteiger partial charge on any atom is 0.234 e. The molecule has 0 aromatic rings. The molecule has 0 bridgehead atoms. The van der Waals surface area contributed by atoms with Gasteiger partial charge in [-0.15, -0.1) is 0 Å². The average molecular weight is 304 g/mol. The van der Waals surface area contributed by atoms with Crippen LogP contribution in [0.25, 0.3) is 0 Å². The third-order valence-corrected chi connectivity index (χ3v) is 5.92. The largest absolute Gasteiger partial charge is 0.396 e. The number of amides is 1. The van der Waals surface area contributed by atoms with Crippen molar-refractivity contribution in [3.05, 3.63) is 0 Å². The van der Waals surface area contributed by atoms with Gasteiger partial charge in [0.2, 0.25) is 5.91 Å². The molecular weight excluding hydrogens is 280 g/mol. The Bertz CT molecular complexity index is 436. The van der Waals surface area contributed by atoms with Crippen LogP contribution < -0.4 is 5.32 Å². The standard InChI is InChI=1S/C13H24N2O4S/c16-7-4-12-3-1-2-6-15(12)9-13(17)14-11-5-8-20(18,19)10-11/h11-12,16H,1-10H2,(H,14,17). The van der Waals surface area contributed by atoms with Crippen molar-refractivity contribution in [1.29, 1.82) is 0 Å². The number of piperidine rings is 1. The van der Waals surface area contributed by atoms with Gasteiger partial charge in [0.25, 0.3) is 0 Å². The first-order valence-corrected chi connectivity index (χ1v) is 9.17. The van der Waals surface area contributed by atoms with Crippen LogP contribution in [0.15, 0.2) is 0 Å². The van der Waals surface area contributed by atoms with E-state index in [-0.39, 0.29) is 36.1 Å². The highest BCUT2D eigenvalue weighted by Crippen LogP contribution is 2.19. The Labute approximate surface area is 120 Å². The quantitative estimate of drug-likeness (QED) is 0.717. The first-order chi connectivity index (χ1) is 9.50. The molecule has 2 saturated heterocycles. The van der Waals surface area contributed by atoms with E-state index in [4.69, 9.17) is 5.11 Å². The van der Waals surface area contributed by atoms with E-state index in [1.54, 1.807) is 0 Å². The van der Waals surface area contributed by atoms with E-state index in [1.165, 1.54) is 0 Å². The minimum Gasteiger partial charge on any atom is -0.396 e. The van der Waals surface area contributed by atoms with E-state index in [1.807, 2.05) is 0 Å². The van der Waals surface area contributed by atoms with Crippen LogP contribution in [0, 0.1) is 0 Å². The summed E-state index contributed by atoms with van der Waals surface area (Å²) < 4.78 is 22.7. The van der Waals surface area contributed by atoms with Gasteiger partial charge in [-0.1, -0.05) is 6.42 Å². The van der Waals surface area contributed by atoms with Crippen molar-refractivity contribution in [2.24, 2.45) is 0 Å². The van der Waals surface area contributed by atoms with Crippen molar-refractivity contribution in [3.63, 3.8) is 0 Å². The number of aliphatic hydroxyl groups excluding tert-OH is 1. The second-order valence-electron chi connectivity index (χ2n) is 5.80.